The molecule has 0 saturated heterocycles. The number of aryl methyl sites for hydroxylation is 1. The summed E-state index contributed by atoms with van der Waals surface area (Å²) in [6, 6.07) is 11.1. The molecule has 5 nitrogen and oxygen atoms in total. The third kappa shape index (κ3) is 11.8. The van der Waals surface area contributed by atoms with Gasteiger partial charge in [-0.05, 0) is 37.1 Å². The fraction of sp³-hybridized carbons (Fsp3) is 0.538. The van der Waals surface area contributed by atoms with Crippen molar-refractivity contribution in [3.05, 3.63) is 48.0 Å². The summed E-state index contributed by atoms with van der Waals surface area (Å²) in [7, 11) is -4.56. The number of benzene rings is 2. The van der Waals surface area contributed by atoms with Crippen LogP contribution in [0.15, 0.2) is 47.4 Å². The third-order valence-electron chi connectivity index (χ3n) is 5.68. The second-order valence-corrected chi connectivity index (χ2v) is 9.83. The minimum absolute atomic E-state index is 0. The van der Waals surface area contributed by atoms with Crippen molar-refractivity contribution < 1.29 is 52.4 Å². The first-order valence-corrected chi connectivity index (χ1v) is 13.4. The van der Waals surface area contributed by atoms with Crippen LogP contribution >= 0.6 is 0 Å². The fourth-order valence-corrected chi connectivity index (χ4v) is 4.44. The van der Waals surface area contributed by atoms with Crippen molar-refractivity contribution in [2.24, 2.45) is 0 Å². The number of rotatable bonds is 16. The Labute approximate surface area is 222 Å². The maximum absolute atomic E-state index is 12.4. The van der Waals surface area contributed by atoms with Crippen LogP contribution in [0.1, 0.15) is 89.5 Å². The molecular formula is C26H37NaO5S. The minimum Gasteiger partial charge on any atom is -0.872 e. The summed E-state index contributed by atoms with van der Waals surface area (Å²) in [5, 5.41) is 12.4. The van der Waals surface area contributed by atoms with Gasteiger partial charge in [0.05, 0.1) is 0 Å². The van der Waals surface area contributed by atoms with Crippen molar-refractivity contribution in [2.45, 2.75) is 95.3 Å². The van der Waals surface area contributed by atoms with Crippen LogP contribution in [-0.2, 0) is 16.5 Å². The van der Waals surface area contributed by atoms with E-state index in [0.717, 1.165) is 25.3 Å². The molecule has 0 aromatic heterocycles. The van der Waals surface area contributed by atoms with Crippen molar-refractivity contribution in [2.75, 3.05) is 0 Å². The van der Waals surface area contributed by atoms with Gasteiger partial charge in [0.15, 0.2) is 0 Å². The number of ether oxygens (including phenoxy) is 1. The number of hydrogen-bond acceptors (Lipinski definition) is 4. The number of para-hydroxylation sites is 1. The molecule has 0 saturated carbocycles. The van der Waals surface area contributed by atoms with Gasteiger partial charge < -0.3 is 9.84 Å². The average molecular weight is 485 g/mol. The summed E-state index contributed by atoms with van der Waals surface area (Å²) in [6.45, 7) is 2.24. The van der Waals surface area contributed by atoms with Gasteiger partial charge in [0.2, 0.25) is 0 Å². The zero-order valence-corrected chi connectivity index (χ0v) is 23.0. The van der Waals surface area contributed by atoms with Gasteiger partial charge in [-0.3, -0.25) is 4.55 Å². The van der Waals surface area contributed by atoms with E-state index in [4.69, 9.17) is 4.74 Å². The molecule has 0 spiro atoms. The molecule has 0 amide bonds. The minimum atomic E-state index is -4.56. The first-order valence-electron chi connectivity index (χ1n) is 12.0. The van der Waals surface area contributed by atoms with Crippen LogP contribution in [0.5, 0.6) is 17.2 Å². The van der Waals surface area contributed by atoms with E-state index in [9.17, 15) is 18.1 Å². The van der Waals surface area contributed by atoms with Gasteiger partial charge >= 0.3 is 29.6 Å². The maximum Gasteiger partial charge on any atom is 1.00 e. The predicted octanol–water partition coefficient (Wildman–Crippen LogP) is 4.05. The molecule has 1 N–H and O–H groups in total. The summed E-state index contributed by atoms with van der Waals surface area (Å²) in [6.07, 6.45) is 15.4. The molecule has 2 aromatic rings. The van der Waals surface area contributed by atoms with E-state index in [0.29, 0.717) is 17.7 Å². The van der Waals surface area contributed by atoms with E-state index in [1.54, 1.807) is 24.3 Å². The molecule has 0 radical (unpaired) electrons. The molecule has 178 valence electrons. The standard InChI is InChI=1S/C26H38O5S.Na/c1-2-3-4-5-6-7-8-9-10-11-12-14-17-22-20-25(31-23-18-15-13-16-19-23)26(21-24(22)27)32(28,29)30;/h13,15-16,18-21,27H,2-12,14,17H2,1H3,(H,28,29,30);/q;+1/p-1. The molecule has 2 rings (SSSR count). The van der Waals surface area contributed by atoms with Crippen molar-refractivity contribution >= 4 is 10.1 Å². The zero-order chi connectivity index (χ0) is 23.2. The fourth-order valence-electron chi connectivity index (χ4n) is 3.83. The topological polar surface area (TPSA) is 86.7 Å². The molecule has 0 aliphatic heterocycles. The Morgan fingerprint density at radius 2 is 1.33 bits per heavy atom. The molecule has 0 atom stereocenters. The van der Waals surface area contributed by atoms with E-state index < -0.39 is 15.0 Å². The number of hydrogen-bond donors (Lipinski definition) is 1. The Kier molecular flexibility index (Phi) is 15.0. The van der Waals surface area contributed by atoms with Crippen LogP contribution in [0.4, 0.5) is 0 Å². The summed E-state index contributed by atoms with van der Waals surface area (Å²) in [4.78, 5) is -0.496. The summed E-state index contributed by atoms with van der Waals surface area (Å²) in [5.41, 5.74) is 0.510. The van der Waals surface area contributed by atoms with Gasteiger partial charge in [-0.25, -0.2) is 0 Å². The Morgan fingerprint density at radius 3 is 1.85 bits per heavy atom. The Hall–Kier alpha value is -1.05. The molecule has 0 fully saturated rings. The summed E-state index contributed by atoms with van der Waals surface area (Å²) >= 11 is 0. The second-order valence-electron chi connectivity index (χ2n) is 8.44. The van der Waals surface area contributed by atoms with Gasteiger partial charge in [0, 0.05) is 0 Å². The molecule has 0 heterocycles. The monoisotopic (exact) mass is 484 g/mol. The van der Waals surface area contributed by atoms with Gasteiger partial charge in [0.25, 0.3) is 10.1 Å². The van der Waals surface area contributed by atoms with Gasteiger partial charge in [-0.1, -0.05) is 101 Å². The van der Waals surface area contributed by atoms with E-state index in [1.165, 1.54) is 63.9 Å². The zero-order valence-electron chi connectivity index (χ0n) is 20.2. The Bertz CT molecular complexity index is 900. The molecule has 0 aliphatic carbocycles. The predicted molar refractivity (Wildman–Crippen MR) is 127 cm³/mol. The van der Waals surface area contributed by atoms with Gasteiger partial charge in [-0.15, -0.1) is 5.75 Å². The van der Waals surface area contributed by atoms with Crippen LogP contribution < -0.4 is 39.4 Å². The SMILES string of the molecule is CCCCCCCCCCCCCCc1cc(Oc2ccccc2)c(S(=O)(=O)O)cc1[O-].[Na+]. The van der Waals surface area contributed by atoms with Crippen molar-refractivity contribution in [3.63, 3.8) is 0 Å². The first-order chi connectivity index (χ1) is 15.4. The van der Waals surface area contributed by atoms with Crippen molar-refractivity contribution in [1.82, 2.24) is 0 Å². The largest absolute Gasteiger partial charge is 1.00 e. The summed E-state index contributed by atoms with van der Waals surface area (Å²) in [5.74, 6) is 0.0284. The van der Waals surface area contributed by atoms with Crippen LogP contribution in [0, 0.1) is 0 Å². The van der Waals surface area contributed by atoms with Crippen molar-refractivity contribution in [1.29, 1.82) is 0 Å². The molecule has 7 heteroatoms. The van der Waals surface area contributed by atoms with Crippen LogP contribution in [0.2, 0.25) is 0 Å². The smallest absolute Gasteiger partial charge is 0.872 e. The molecular weight excluding hydrogens is 447 g/mol. The summed E-state index contributed by atoms with van der Waals surface area (Å²) < 4.78 is 38.6. The number of unbranched alkanes of at least 4 members (excludes halogenated alkanes) is 11. The van der Waals surface area contributed by atoms with Gasteiger partial charge in [0.1, 0.15) is 16.4 Å². The van der Waals surface area contributed by atoms with E-state index >= 15 is 0 Å². The third-order valence-corrected chi connectivity index (χ3v) is 6.55. The maximum atomic E-state index is 12.4. The van der Waals surface area contributed by atoms with E-state index in [1.807, 2.05) is 6.07 Å². The van der Waals surface area contributed by atoms with Crippen molar-refractivity contribution in [3.8, 4) is 17.2 Å². The van der Waals surface area contributed by atoms with Crippen LogP contribution in [-0.4, -0.2) is 13.0 Å². The molecule has 0 bridgehead atoms. The Morgan fingerprint density at radius 1 is 0.818 bits per heavy atom. The Balaban J connectivity index is 0.00000544. The molecule has 0 aliphatic rings. The van der Waals surface area contributed by atoms with Crippen LogP contribution in [0.25, 0.3) is 0 Å². The quantitative estimate of drug-likeness (QED) is 0.221. The average Bonchev–Trinajstić information content (AvgIpc) is 2.76. The normalized spacial score (nSPS) is 11.2. The first kappa shape index (κ1) is 30.0. The molecule has 0 unspecified atom stereocenters. The molecule has 2 aromatic carbocycles. The van der Waals surface area contributed by atoms with Gasteiger partial charge in [-0.2, -0.15) is 8.42 Å². The van der Waals surface area contributed by atoms with Crippen LogP contribution in [0.3, 0.4) is 0 Å². The molecule has 33 heavy (non-hydrogen) atoms. The van der Waals surface area contributed by atoms with E-state index in [-0.39, 0.29) is 41.1 Å². The van der Waals surface area contributed by atoms with E-state index in [2.05, 4.69) is 6.92 Å². The second kappa shape index (κ2) is 16.6.